The van der Waals surface area contributed by atoms with E-state index in [1.807, 2.05) is 44.2 Å². The molecule has 6 nitrogen and oxygen atoms in total. The molecule has 1 aromatic rings. The minimum Gasteiger partial charge on any atom is -0.444 e. The molecule has 0 aliphatic heterocycles. The quantitative estimate of drug-likeness (QED) is 0.395. The van der Waals surface area contributed by atoms with Crippen LogP contribution < -0.4 is 10.9 Å². The fraction of sp³-hybridized carbons (Fsp3) is 0.562. The van der Waals surface area contributed by atoms with Crippen LogP contribution in [0.3, 0.4) is 0 Å². The third kappa shape index (κ3) is 8.61. The largest absolute Gasteiger partial charge is 0.444 e. The monoisotopic (exact) mass is 310 g/mol. The highest BCUT2D eigenvalue weighted by molar-refractivity contribution is 5.66. The SMILES string of the molecule is COCOCCCC(C)(C)NNC(=O)OCc1ccccc1. The molecule has 0 heterocycles. The lowest BCUT2D eigenvalue weighted by atomic mass is 10.00. The maximum Gasteiger partial charge on any atom is 0.421 e. The van der Waals surface area contributed by atoms with Gasteiger partial charge in [0, 0.05) is 19.3 Å². The molecule has 124 valence electrons. The smallest absolute Gasteiger partial charge is 0.421 e. The fourth-order valence-electron chi connectivity index (χ4n) is 1.80. The summed E-state index contributed by atoms with van der Waals surface area (Å²) >= 11 is 0. The Labute approximate surface area is 132 Å². The van der Waals surface area contributed by atoms with Crippen molar-refractivity contribution in [3.05, 3.63) is 35.9 Å². The Morgan fingerprint density at radius 3 is 2.64 bits per heavy atom. The maximum atomic E-state index is 11.6. The van der Waals surface area contributed by atoms with Crippen molar-refractivity contribution in [1.82, 2.24) is 10.9 Å². The lowest BCUT2D eigenvalue weighted by Gasteiger charge is -2.26. The molecular formula is C16H26N2O4. The topological polar surface area (TPSA) is 68.8 Å². The molecule has 0 saturated carbocycles. The predicted molar refractivity (Wildman–Crippen MR) is 84.0 cm³/mol. The Hall–Kier alpha value is -1.63. The molecule has 22 heavy (non-hydrogen) atoms. The lowest BCUT2D eigenvalue weighted by Crippen LogP contribution is -2.50. The number of ether oxygens (including phenoxy) is 3. The van der Waals surface area contributed by atoms with Crippen LogP contribution in [0.25, 0.3) is 0 Å². The molecule has 2 N–H and O–H groups in total. The number of methoxy groups -OCH3 is 1. The van der Waals surface area contributed by atoms with Gasteiger partial charge in [-0.05, 0) is 32.3 Å². The van der Waals surface area contributed by atoms with E-state index >= 15 is 0 Å². The number of nitrogens with one attached hydrogen (secondary N) is 2. The molecule has 0 aromatic heterocycles. The van der Waals surface area contributed by atoms with Crippen LogP contribution in [0.5, 0.6) is 0 Å². The van der Waals surface area contributed by atoms with Gasteiger partial charge in [-0.25, -0.2) is 10.2 Å². The number of carbonyl (C=O) groups is 1. The second-order valence-electron chi connectivity index (χ2n) is 5.61. The molecule has 1 rings (SSSR count). The van der Waals surface area contributed by atoms with E-state index < -0.39 is 6.09 Å². The zero-order valence-corrected chi connectivity index (χ0v) is 13.6. The lowest BCUT2D eigenvalue weighted by molar-refractivity contribution is -0.0327. The second kappa shape index (κ2) is 10.2. The number of hydrogen-bond acceptors (Lipinski definition) is 5. The zero-order chi connectivity index (χ0) is 16.3. The van der Waals surface area contributed by atoms with Gasteiger partial charge in [0.2, 0.25) is 0 Å². The van der Waals surface area contributed by atoms with Crippen LogP contribution >= 0.6 is 0 Å². The summed E-state index contributed by atoms with van der Waals surface area (Å²) in [6.45, 7) is 5.18. The number of benzene rings is 1. The van der Waals surface area contributed by atoms with Gasteiger partial charge in [0.05, 0.1) is 0 Å². The number of amides is 1. The van der Waals surface area contributed by atoms with E-state index in [2.05, 4.69) is 10.9 Å². The van der Waals surface area contributed by atoms with Gasteiger partial charge in [-0.2, -0.15) is 0 Å². The van der Waals surface area contributed by atoms with Gasteiger partial charge in [0.25, 0.3) is 0 Å². The Morgan fingerprint density at radius 1 is 1.23 bits per heavy atom. The minimum absolute atomic E-state index is 0.248. The molecule has 0 radical (unpaired) electrons. The first kappa shape index (κ1) is 18.4. The highest BCUT2D eigenvalue weighted by atomic mass is 16.7. The van der Waals surface area contributed by atoms with Gasteiger partial charge in [0.15, 0.2) is 0 Å². The Balaban J connectivity index is 2.16. The van der Waals surface area contributed by atoms with Crippen LogP contribution in [0, 0.1) is 0 Å². The molecule has 0 saturated heterocycles. The van der Waals surface area contributed by atoms with Gasteiger partial charge in [-0.3, -0.25) is 5.43 Å². The Bertz CT molecular complexity index is 423. The van der Waals surface area contributed by atoms with Crippen molar-refractivity contribution in [1.29, 1.82) is 0 Å². The number of hydrogen-bond donors (Lipinski definition) is 2. The second-order valence-corrected chi connectivity index (χ2v) is 5.61. The van der Waals surface area contributed by atoms with Gasteiger partial charge in [-0.1, -0.05) is 30.3 Å². The van der Waals surface area contributed by atoms with E-state index in [0.29, 0.717) is 13.4 Å². The number of hydrazine groups is 1. The molecule has 0 unspecified atom stereocenters. The molecule has 0 atom stereocenters. The summed E-state index contributed by atoms with van der Waals surface area (Å²) in [7, 11) is 1.59. The molecule has 1 amide bonds. The minimum atomic E-state index is -0.493. The van der Waals surface area contributed by atoms with Crippen LogP contribution in [0.15, 0.2) is 30.3 Å². The molecule has 6 heteroatoms. The maximum absolute atomic E-state index is 11.6. The standard InChI is InChI=1S/C16H26N2O4/c1-16(2,10-7-11-21-13-20-3)18-17-15(19)22-12-14-8-5-4-6-9-14/h4-6,8-9,18H,7,10-13H2,1-3H3,(H,17,19). The van der Waals surface area contributed by atoms with E-state index in [-0.39, 0.29) is 12.1 Å². The Morgan fingerprint density at radius 2 is 1.95 bits per heavy atom. The third-order valence-electron chi connectivity index (χ3n) is 3.01. The molecule has 0 spiro atoms. The summed E-state index contributed by atoms with van der Waals surface area (Å²) in [5, 5.41) is 0. The van der Waals surface area contributed by atoms with Crippen LogP contribution in [-0.2, 0) is 20.8 Å². The van der Waals surface area contributed by atoms with Crippen molar-refractivity contribution in [2.45, 2.75) is 38.8 Å². The Kier molecular flexibility index (Phi) is 8.50. The highest BCUT2D eigenvalue weighted by Gasteiger charge is 2.18. The van der Waals surface area contributed by atoms with E-state index in [0.717, 1.165) is 18.4 Å². The van der Waals surface area contributed by atoms with Crippen molar-refractivity contribution in [2.75, 3.05) is 20.5 Å². The van der Waals surface area contributed by atoms with Crippen LogP contribution in [0.1, 0.15) is 32.3 Å². The summed E-state index contributed by atoms with van der Waals surface area (Å²) < 4.78 is 15.2. The average molecular weight is 310 g/mol. The van der Waals surface area contributed by atoms with Crippen molar-refractivity contribution in [3.8, 4) is 0 Å². The molecule has 0 aliphatic carbocycles. The van der Waals surface area contributed by atoms with Gasteiger partial charge < -0.3 is 14.2 Å². The van der Waals surface area contributed by atoms with E-state index in [1.54, 1.807) is 7.11 Å². The first-order valence-corrected chi connectivity index (χ1v) is 7.34. The molecular weight excluding hydrogens is 284 g/mol. The normalized spacial score (nSPS) is 11.2. The first-order chi connectivity index (χ1) is 10.5. The number of rotatable bonds is 10. The third-order valence-corrected chi connectivity index (χ3v) is 3.01. The van der Waals surface area contributed by atoms with Gasteiger partial charge in [-0.15, -0.1) is 0 Å². The highest BCUT2D eigenvalue weighted by Crippen LogP contribution is 2.10. The fourth-order valence-corrected chi connectivity index (χ4v) is 1.80. The van der Waals surface area contributed by atoms with E-state index in [1.165, 1.54) is 0 Å². The summed E-state index contributed by atoms with van der Waals surface area (Å²) in [6.07, 6.45) is 1.22. The molecule has 0 aliphatic rings. The van der Waals surface area contributed by atoms with Crippen LogP contribution in [-0.4, -0.2) is 32.1 Å². The number of carbonyl (C=O) groups excluding carboxylic acids is 1. The molecule has 1 aromatic carbocycles. The molecule has 0 bridgehead atoms. The van der Waals surface area contributed by atoms with Crippen molar-refractivity contribution < 1.29 is 19.0 Å². The van der Waals surface area contributed by atoms with Crippen LogP contribution in [0.4, 0.5) is 4.79 Å². The average Bonchev–Trinajstić information content (AvgIpc) is 2.52. The van der Waals surface area contributed by atoms with Crippen LogP contribution in [0.2, 0.25) is 0 Å². The summed E-state index contributed by atoms with van der Waals surface area (Å²) in [5.41, 5.74) is 6.25. The van der Waals surface area contributed by atoms with E-state index in [9.17, 15) is 4.79 Å². The summed E-state index contributed by atoms with van der Waals surface area (Å²) in [5.74, 6) is 0. The summed E-state index contributed by atoms with van der Waals surface area (Å²) in [6, 6.07) is 9.55. The zero-order valence-electron chi connectivity index (χ0n) is 13.6. The summed E-state index contributed by atoms with van der Waals surface area (Å²) in [4.78, 5) is 11.6. The van der Waals surface area contributed by atoms with Gasteiger partial charge in [0.1, 0.15) is 13.4 Å². The first-order valence-electron chi connectivity index (χ1n) is 7.34. The van der Waals surface area contributed by atoms with Gasteiger partial charge >= 0.3 is 6.09 Å². The van der Waals surface area contributed by atoms with Crippen molar-refractivity contribution in [3.63, 3.8) is 0 Å². The predicted octanol–water partition coefficient (Wildman–Crippen LogP) is 2.60. The van der Waals surface area contributed by atoms with Crippen molar-refractivity contribution >= 4 is 6.09 Å². The van der Waals surface area contributed by atoms with E-state index in [4.69, 9.17) is 14.2 Å². The molecule has 0 fully saturated rings. The van der Waals surface area contributed by atoms with Crippen molar-refractivity contribution in [2.24, 2.45) is 0 Å².